The second-order valence-corrected chi connectivity index (χ2v) is 5.05. The molecule has 4 heteroatoms. The van der Waals surface area contributed by atoms with Crippen LogP contribution in [0.3, 0.4) is 0 Å². The van der Waals surface area contributed by atoms with Crippen LogP contribution in [-0.4, -0.2) is 12.1 Å². The lowest BCUT2D eigenvalue weighted by molar-refractivity contribution is 0.0955. The molecule has 0 aliphatic carbocycles. The van der Waals surface area contributed by atoms with E-state index >= 15 is 0 Å². The van der Waals surface area contributed by atoms with E-state index in [1.54, 1.807) is 18.3 Å². The van der Waals surface area contributed by atoms with Crippen molar-refractivity contribution in [1.29, 1.82) is 0 Å². The van der Waals surface area contributed by atoms with Gasteiger partial charge in [-0.25, -0.2) is 5.43 Å². The maximum absolute atomic E-state index is 11.8. The van der Waals surface area contributed by atoms with Gasteiger partial charge in [0, 0.05) is 5.56 Å². The molecule has 0 aliphatic heterocycles. The van der Waals surface area contributed by atoms with Crippen molar-refractivity contribution < 1.29 is 9.53 Å². The first-order valence-corrected chi connectivity index (χ1v) is 7.53. The monoisotopic (exact) mass is 316 g/mol. The number of ether oxygens (including phenoxy) is 1. The molecule has 1 amide bonds. The van der Waals surface area contributed by atoms with E-state index in [0.29, 0.717) is 5.56 Å². The van der Waals surface area contributed by atoms with E-state index in [2.05, 4.69) is 10.5 Å². The minimum Gasteiger partial charge on any atom is -0.457 e. The number of hydrogen-bond donors (Lipinski definition) is 1. The van der Waals surface area contributed by atoms with E-state index in [1.165, 1.54) is 0 Å². The van der Waals surface area contributed by atoms with Gasteiger partial charge in [0.1, 0.15) is 11.5 Å². The fourth-order valence-electron chi connectivity index (χ4n) is 2.07. The zero-order chi connectivity index (χ0) is 16.6. The normalized spacial score (nSPS) is 10.5. The molecule has 3 rings (SSSR count). The Bertz CT molecular complexity index is 813. The van der Waals surface area contributed by atoms with Crippen LogP contribution >= 0.6 is 0 Å². The Kier molecular flexibility index (Phi) is 5.00. The molecule has 24 heavy (non-hydrogen) atoms. The Balaban J connectivity index is 1.57. The molecule has 0 atom stereocenters. The second kappa shape index (κ2) is 7.74. The van der Waals surface area contributed by atoms with Gasteiger partial charge in [-0.3, -0.25) is 4.79 Å². The number of rotatable bonds is 5. The third-order valence-electron chi connectivity index (χ3n) is 3.27. The summed E-state index contributed by atoms with van der Waals surface area (Å²) >= 11 is 0. The molecule has 0 radical (unpaired) electrons. The van der Waals surface area contributed by atoms with Crippen molar-refractivity contribution in [3.8, 4) is 11.5 Å². The van der Waals surface area contributed by atoms with Crippen LogP contribution in [0.1, 0.15) is 15.9 Å². The molecule has 0 heterocycles. The minimum absolute atomic E-state index is 0.240. The average Bonchev–Trinajstić information content (AvgIpc) is 2.65. The van der Waals surface area contributed by atoms with E-state index in [-0.39, 0.29) is 5.91 Å². The van der Waals surface area contributed by atoms with Gasteiger partial charge in [0.15, 0.2) is 0 Å². The highest BCUT2D eigenvalue weighted by Crippen LogP contribution is 2.20. The molecule has 0 aliphatic rings. The van der Waals surface area contributed by atoms with Crippen molar-refractivity contribution in [1.82, 2.24) is 5.43 Å². The summed E-state index contributed by atoms with van der Waals surface area (Å²) in [5, 5.41) is 3.97. The maximum atomic E-state index is 11.8. The van der Waals surface area contributed by atoms with Gasteiger partial charge >= 0.3 is 0 Å². The van der Waals surface area contributed by atoms with Gasteiger partial charge < -0.3 is 4.74 Å². The second-order valence-electron chi connectivity index (χ2n) is 5.05. The van der Waals surface area contributed by atoms with E-state index in [4.69, 9.17) is 4.74 Å². The van der Waals surface area contributed by atoms with Gasteiger partial charge in [0.25, 0.3) is 5.91 Å². The van der Waals surface area contributed by atoms with Crippen LogP contribution in [0.4, 0.5) is 0 Å². The number of benzene rings is 3. The van der Waals surface area contributed by atoms with Gasteiger partial charge in [-0.1, -0.05) is 36.4 Å². The molecule has 0 aromatic heterocycles. The molecule has 0 bridgehead atoms. The maximum Gasteiger partial charge on any atom is 0.271 e. The molecule has 4 nitrogen and oxygen atoms in total. The highest BCUT2D eigenvalue weighted by Gasteiger charge is 2.01. The predicted molar refractivity (Wildman–Crippen MR) is 94.5 cm³/mol. The first-order valence-electron chi connectivity index (χ1n) is 7.53. The van der Waals surface area contributed by atoms with Gasteiger partial charge in [-0.2, -0.15) is 5.10 Å². The number of carbonyl (C=O) groups excluding carboxylic acids is 1. The van der Waals surface area contributed by atoms with E-state index in [1.807, 2.05) is 72.8 Å². The summed E-state index contributed by atoms with van der Waals surface area (Å²) < 4.78 is 5.72. The molecular formula is C20H16N2O2. The number of carbonyl (C=O) groups is 1. The number of nitrogens with zero attached hydrogens (tertiary/aromatic N) is 1. The van der Waals surface area contributed by atoms with Crippen molar-refractivity contribution in [2.45, 2.75) is 0 Å². The zero-order valence-electron chi connectivity index (χ0n) is 12.9. The molecule has 118 valence electrons. The summed E-state index contributed by atoms with van der Waals surface area (Å²) in [5.74, 6) is 1.29. The number of nitrogens with one attached hydrogen (secondary N) is 1. The van der Waals surface area contributed by atoms with Crippen molar-refractivity contribution in [2.75, 3.05) is 0 Å². The van der Waals surface area contributed by atoms with Crippen molar-refractivity contribution in [3.05, 3.63) is 96.1 Å². The Labute approximate surface area is 140 Å². The van der Waals surface area contributed by atoms with Crippen LogP contribution in [0.25, 0.3) is 0 Å². The van der Waals surface area contributed by atoms with Crippen LogP contribution in [0, 0.1) is 0 Å². The fraction of sp³-hybridized carbons (Fsp3) is 0. The highest BCUT2D eigenvalue weighted by molar-refractivity contribution is 5.94. The fourth-order valence-corrected chi connectivity index (χ4v) is 2.07. The Morgan fingerprint density at radius 3 is 2.04 bits per heavy atom. The molecule has 0 unspecified atom stereocenters. The molecule has 0 saturated heterocycles. The predicted octanol–water partition coefficient (Wildman–Crippen LogP) is 4.24. The average molecular weight is 316 g/mol. The van der Waals surface area contributed by atoms with Crippen LogP contribution in [0.15, 0.2) is 90.0 Å². The zero-order valence-corrected chi connectivity index (χ0v) is 12.9. The molecule has 1 N–H and O–H groups in total. The Hall–Kier alpha value is -3.40. The summed E-state index contributed by atoms with van der Waals surface area (Å²) in [4.78, 5) is 11.8. The quantitative estimate of drug-likeness (QED) is 0.565. The van der Waals surface area contributed by atoms with Crippen LogP contribution in [-0.2, 0) is 0 Å². The number of hydrogen-bond acceptors (Lipinski definition) is 3. The summed E-state index contributed by atoms with van der Waals surface area (Å²) in [6.45, 7) is 0. The molecular weight excluding hydrogens is 300 g/mol. The molecule has 3 aromatic carbocycles. The van der Waals surface area contributed by atoms with Crippen LogP contribution < -0.4 is 10.2 Å². The summed E-state index contributed by atoms with van der Waals surface area (Å²) in [7, 11) is 0. The molecule has 0 saturated carbocycles. The first-order chi connectivity index (χ1) is 11.8. The number of amides is 1. The largest absolute Gasteiger partial charge is 0.457 e. The third kappa shape index (κ3) is 4.30. The van der Waals surface area contributed by atoms with E-state index in [0.717, 1.165) is 17.1 Å². The lowest BCUT2D eigenvalue weighted by Crippen LogP contribution is -2.17. The lowest BCUT2D eigenvalue weighted by Gasteiger charge is -2.05. The van der Waals surface area contributed by atoms with Gasteiger partial charge in [0.2, 0.25) is 0 Å². The van der Waals surface area contributed by atoms with Gasteiger partial charge in [0.05, 0.1) is 6.21 Å². The van der Waals surface area contributed by atoms with Crippen LogP contribution in [0.2, 0.25) is 0 Å². The smallest absolute Gasteiger partial charge is 0.271 e. The minimum atomic E-state index is -0.240. The van der Waals surface area contributed by atoms with Gasteiger partial charge in [-0.15, -0.1) is 0 Å². The van der Waals surface area contributed by atoms with E-state index < -0.39 is 0 Å². The standard InChI is InChI=1S/C20H16N2O2/c23-20(17-7-3-1-4-8-17)22-21-15-16-11-13-19(14-12-16)24-18-9-5-2-6-10-18/h1-15H,(H,22,23)/b21-15-. The molecule has 0 fully saturated rings. The summed E-state index contributed by atoms with van der Waals surface area (Å²) in [6, 6.07) is 26.0. The third-order valence-corrected chi connectivity index (χ3v) is 3.27. The van der Waals surface area contributed by atoms with Crippen LogP contribution in [0.5, 0.6) is 11.5 Å². The Morgan fingerprint density at radius 1 is 0.792 bits per heavy atom. The molecule has 0 spiro atoms. The number of hydrazone groups is 1. The highest BCUT2D eigenvalue weighted by atomic mass is 16.5. The van der Waals surface area contributed by atoms with Gasteiger partial charge in [-0.05, 0) is 54.1 Å². The lowest BCUT2D eigenvalue weighted by atomic mass is 10.2. The van der Waals surface area contributed by atoms with Crippen molar-refractivity contribution in [2.24, 2.45) is 5.10 Å². The SMILES string of the molecule is O=C(N/N=C\c1ccc(Oc2ccccc2)cc1)c1ccccc1. The Morgan fingerprint density at radius 2 is 1.38 bits per heavy atom. The first kappa shape index (κ1) is 15.5. The number of para-hydroxylation sites is 1. The van der Waals surface area contributed by atoms with E-state index in [9.17, 15) is 4.79 Å². The topological polar surface area (TPSA) is 50.7 Å². The summed E-state index contributed by atoms with van der Waals surface area (Å²) in [5.41, 5.74) is 3.94. The molecule has 3 aromatic rings. The van der Waals surface area contributed by atoms with Crippen molar-refractivity contribution in [3.63, 3.8) is 0 Å². The van der Waals surface area contributed by atoms with Crippen molar-refractivity contribution >= 4 is 12.1 Å². The summed E-state index contributed by atoms with van der Waals surface area (Å²) in [6.07, 6.45) is 1.59.